The first-order chi connectivity index (χ1) is 13.6. The molecule has 0 radical (unpaired) electrons. The van der Waals surface area contributed by atoms with Crippen LogP contribution in [-0.4, -0.2) is 53.7 Å². The van der Waals surface area contributed by atoms with Crippen LogP contribution in [0.15, 0.2) is 30.3 Å². The van der Waals surface area contributed by atoms with E-state index in [9.17, 15) is 14.7 Å². The molecule has 0 bridgehead atoms. The van der Waals surface area contributed by atoms with Gasteiger partial charge in [-0.2, -0.15) is 0 Å². The monoisotopic (exact) mass is 388 g/mol. The number of carboxylic acid groups (broad SMARTS) is 1. The van der Waals surface area contributed by atoms with Crippen LogP contribution < -0.4 is 5.32 Å². The van der Waals surface area contributed by atoms with Crippen LogP contribution in [0.4, 0.5) is 0 Å². The number of amides is 1. The van der Waals surface area contributed by atoms with Gasteiger partial charge in [0.05, 0.1) is 12.6 Å². The van der Waals surface area contributed by atoms with E-state index < -0.39 is 12.0 Å². The number of nitrogens with one attached hydrogen (secondary N) is 1. The molecule has 4 unspecified atom stereocenters. The molecular formula is C22H32N2O4. The van der Waals surface area contributed by atoms with Crippen molar-refractivity contribution >= 4 is 11.9 Å². The summed E-state index contributed by atoms with van der Waals surface area (Å²) in [7, 11) is 0. The van der Waals surface area contributed by atoms with E-state index in [2.05, 4.69) is 5.32 Å². The van der Waals surface area contributed by atoms with E-state index in [4.69, 9.17) is 4.74 Å². The first-order valence-electron chi connectivity index (χ1n) is 10.5. The van der Waals surface area contributed by atoms with Gasteiger partial charge in [-0.3, -0.25) is 14.5 Å². The van der Waals surface area contributed by atoms with E-state index in [-0.39, 0.29) is 24.6 Å². The second kappa shape index (κ2) is 10.0. The first kappa shape index (κ1) is 20.8. The van der Waals surface area contributed by atoms with E-state index in [1.54, 1.807) is 0 Å². The second-order valence-corrected chi connectivity index (χ2v) is 8.00. The van der Waals surface area contributed by atoms with Crippen LogP contribution in [0.5, 0.6) is 0 Å². The SMILES string of the molecule is CC(OCCCNC(=O)CN1C(C(=O)O)CC2CCCCC21)c1ccccc1. The van der Waals surface area contributed by atoms with Crippen LogP contribution in [0.3, 0.4) is 0 Å². The quantitative estimate of drug-likeness (QED) is 0.636. The minimum absolute atomic E-state index is 0.0288. The van der Waals surface area contributed by atoms with E-state index in [0.29, 0.717) is 25.5 Å². The average Bonchev–Trinajstić information content (AvgIpc) is 3.07. The molecule has 1 saturated heterocycles. The van der Waals surface area contributed by atoms with Crippen LogP contribution in [-0.2, 0) is 14.3 Å². The van der Waals surface area contributed by atoms with Crippen LogP contribution in [0.2, 0.25) is 0 Å². The van der Waals surface area contributed by atoms with Gasteiger partial charge in [-0.05, 0) is 44.1 Å². The lowest BCUT2D eigenvalue weighted by Gasteiger charge is -2.32. The highest BCUT2D eigenvalue weighted by atomic mass is 16.5. The van der Waals surface area contributed by atoms with Gasteiger partial charge < -0.3 is 15.2 Å². The second-order valence-electron chi connectivity index (χ2n) is 8.00. The fourth-order valence-corrected chi connectivity index (χ4v) is 4.63. The molecule has 3 rings (SSSR count). The molecule has 2 N–H and O–H groups in total. The molecule has 1 aromatic rings. The fourth-order valence-electron chi connectivity index (χ4n) is 4.63. The lowest BCUT2D eigenvalue weighted by molar-refractivity contribution is -0.143. The third kappa shape index (κ3) is 5.32. The number of likely N-dealkylation sites (tertiary alicyclic amines) is 1. The Bertz CT molecular complexity index is 651. The molecule has 1 saturated carbocycles. The third-order valence-corrected chi connectivity index (χ3v) is 6.11. The van der Waals surface area contributed by atoms with E-state index in [0.717, 1.165) is 31.2 Å². The van der Waals surface area contributed by atoms with E-state index in [1.165, 1.54) is 6.42 Å². The zero-order valence-electron chi connectivity index (χ0n) is 16.7. The zero-order chi connectivity index (χ0) is 19.9. The minimum Gasteiger partial charge on any atom is -0.480 e. The summed E-state index contributed by atoms with van der Waals surface area (Å²) in [6.45, 7) is 3.32. The molecule has 1 aliphatic carbocycles. The Morgan fingerprint density at radius 2 is 2.00 bits per heavy atom. The summed E-state index contributed by atoms with van der Waals surface area (Å²) in [6, 6.07) is 9.78. The molecule has 0 aromatic heterocycles. The first-order valence-corrected chi connectivity index (χ1v) is 10.5. The molecule has 154 valence electrons. The summed E-state index contributed by atoms with van der Waals surface area (Å²) >= 11 is 0. The molecule has 4 atom stereocenters. The van der Waals surface area contributed by atoms with Crippen molar-refractivity contribution < 1.29 is 19.4 Å². The van der Waals surface area contributed by atoms with Gasteiger partial charge in [0.2, 0.25) is 5.91 Å². The summed E-state index contributed by atoms with van der Waals surface area (Å²) in [5.74, 6) is -0.463. The van der Waals surface area contributed by atoms with Crippen LogP contribution in [0.25, 0.3) is 0 Å². The number of rotatable bonds is 9. The van der Waals surface area contributed by atoms with Gasteiger partial charge in [0.15, 0.2) is 0 Å². The zero-order valence-corrected chi connectivity index (χ0v) is 16.7. The van der Waals surface area contributed by atoms with Crippen molar-refractivity contribution in [1.82, 2.24) is 10.2 Å². The Balaban J connectivity index is 1.38. The molecule has 2 aliphatic rings. The highest BCUT2D eigenvalue weighted by Crippen LogP contribution is 2.39. The molecule has 1 aromatic carbocycles. The summed E-state index contributed by atoms with van der Waals surface area (Å²) < 4.78 is 5.82. The Kier molecular flexibility index (Phi) is 7.45. The van der Waals surface area contributed by atoms with Gasteiger partial charge in [0.25, 0.3) is 0 Å². The topological polar surface area (TPSA) is 78.9 Å². The molecule has 6 nitrogen and oxygen atoms in total. The molecule has 0 spiro atoms. The Labute approximate surface area is 167 Å². The molecule has 1 amide bonds. The fraction of sp³-hybridized carbons (Fsp3) is 0.636. The molecule has 6 heteroatoms. The lowest BCUT2D eigenvalue weighted by atomic mass is 9.85. The number of carbonyl (C=O) groups excluding carboxylic acids is 1. The van der Waals surface area contributed by atoms with E-state index >= 15 is 0 Å². The van der Waals surface area contributed by atoms with E-state index in [1.807, 2.05) is 42.2 Å². The molecule has 28 heavy (non-hydrogen) atoms. The van der Waals surface area contributed by atoms with Gasteiger partial charge in [0, 0.05) is 19.2 Å². The van der Waals surface area contributed by atoms with Gasteiger partial charge in [-0.15, -0.1) is 0 Å². The van der Waals surface area contributed by atoms with Crippen molar-refractivity contribution in [1.29, 1.82) is 0 Å². The van der Waals surface area contributed by atoms with Gasteiger partial charge in [0.1, 0.15) is 6.04 Å². The summed E-state index contributed by atoms with van der Waals surface area (Å²) in [5, 5.41) is 12.5. The normalized spacial score (nSPS) is 25.8. The number of nitrogens with zero attached hydrogens (tertiary/aromatic N) is 1. The molecule has 1 heterocycles. The van der Waals surface area contributed by atoms with Gasteiger partial charge in [-0.25, -0.2) is 0 Å². The van der Waals surface area contributed by atoms with Gasteiger partial charge in [-0.1, -0.05) is 43.2 Å². The number of ether oxygens (including phenoxy) is 1. The van der Waals surface area contributed by atoms with Gasteiger partial charge >= 0.3 is 5.97 Å². The van der Waals surface area contributed by atoms with Crippen molar-refractivity contribution in [3.63, 3.8) is 0 Å². The number of hydrogen-bond acceptors (Lipinski definition) is 4. The molecular weight excluding hydrogens is 356 g/mol. The summed E-state index contributed by atoms with van der Waals surface area (Å²) in [5.41, 5.74) is 1.14. The number of aliphatic carboxylic acids is 1. The largest absolute Gasteiger partial charge is 0.480 e. The number of carboxylic acids is 1. The van der Waals surface area contributed by atoms with Crippen LogP contribution in [0.1, 0.15) is 57.1 Å². The minimum atomic E-state index is -0.800. The van der Waals surface area contributed by atoms with Crippen molar-refractivity contribution in [2.45, 2.75) is 63.6 Å². The van der Waals surface area contributed by atoms with Crippen molar-refractivity contribution in [3.8, 4) is 0 Å². The standard InChI is InChI=1S/C22H32N2O4/c1-16(17-8-3-2-4-9-17)28-13-7-12-23-21(25)15-24-19-11-6-5-10-18(19)14-20(24)22(26)27/h2-4,8-9,16,18-20H,5-7,10-15H2,1H3,(H,23,25)(H,26,27). The lowest BCUT2D eigenvalue weighted by Crippen LogP contribution is -2.47. The highest BCUT2D eigenvalue weighted by Gasteiger charge is 2.45. The number of fused-ring (bicyclic) bond motifs is 1. The van der Waals surface area contributed by atoms with Crippen molar-refractivity contribution in [2.24, 2.45) is 5.92 Å². The maximum absolute atomic E-state index is 12.4. The predicted octanol–water partition coefficient (Wildman–Crippen LogP) is 2.99. The molecule has 1 aliphatic heterocycles. The van der Waals surface area contributed by atoms with Crippen LogP contribution in [0, 0.1) is 5.92 Å². The Hall–Kier alpha value is -1.92. The summed E-state index contributed by atoms with van der Waals surface area (Å²) in [4.78, 5) is 25.9. The number of benzene rings is 1. The number of carbonyl (C=O) groups is 2. The van der Waals surface area contributed by atoms with Crippen molar-refractivity contribution in [2.75, 3.05) is 19.7 Å². The maximum Gasteiger partial charge on any atom is 0.320 e. The highest BCUT2D eigenvalue weighted by molar-refractivity contribution is 5.80. The predicted molar refractivity (Wildman–Crippen MR) is 107 cm³/mol. The maximum atomic E-state index is 12.4. The Morgan fingerprint density at radius 1 is 1.25 bits per heavy atom. The smallest absolute Gasteiger partial charge is 0.320 e. The Morgan fingerprint density at radius 3 is 2.75 bits per heavy atom. The molecule has 2 fully saturated rings. The average molecular weight is 389 g/mol. The summed E-state index contributed by atoms with van der Waals surface area (Å²) in [6.07, 6.45) is 5.84. The van der Waals surface area contributed by atoms with Crippen LogP contribution >= 0.6 is 0 Å². The number of hydrogen-bond donors (Lipinski definition) is 2. The van der Waals surface area contributed by atoms with Crippen molar-refractivity contribution in [3.05, 3.63) is 35.9 Å². The third-order valence-electron chi connectivity index (χ3n) is 6.11.